The van der Waals surface area contributed by atoms with Gasteiger partial charge in [-0.05, 0) is 37.9 Å². The zero-order valence-electron chi connectivity index (χ0n) is 12.0. The summed E-state index contributed by atoms with van der Waals surface area (Å²) in [6, 6.07) is 6.01. The molecule has 1 aromatic rings. The number of nitrogens with zero attached hydrogens (tertiary/aromatic N) is 1. The minimum atomic E-state index is -0.978. The summed E-state index contributed by atoms with van der Waals surface area (Å²) in [6.45, 7) is 1.84. The Morgan fingerprint density at radius 3 is 2.71 bits per heavy atom. The van der Waals surface area contributed by atoms with Crippen LogP contribution in [-0.4, -0.2) is 35.8 Å². The number of nitrogens with two attached hydrogens (primary N) is 1. The molecular weight excluding hydrogens is 272 g/mol. The largest absolute Gasteiger partial charge is 0.480 e. The predicted octanol–water partition coefficient (Wildman–Crippen LogP) is 1.61. The molecule has 0 unspecified atom stereocenters. The van der Waals surface area contributed by atoms with Crippen LogP contribution in [0, 0.1) is 0 Å². The summed E-state index contributed by atoms with van der Waals surface area (Å²) in [5.41, 5.74) is 5.96. The van der Waals surface area contributed by atoms with Crippen molar-refractivity contribution in [1.29, 1.82) is 0 Å². The molecule has 0 aliphatic rings. The average Bonchev–Trinajstić information content (AvgIpc) is 2.43. The fourth-order valence-corrected chi connectivity index (χ4v) is 1.75. The minimum absolute atomic E-state index is 0.361. The van der Waals surface area contributed by atoms with Crippen LogP contribution in [0.15, 0.2) is 29.3 Å². The van der Waals surface area contributed by atoms with Gasteiger partial charge < -0.3 is 15.6 Å². The maximum absolute atomic E-state index is 11.1. The Kier molecular flexibility index (Phi) is 7.11. The molecule has 0 aliphatic heterocycles. The van der Waals surface area contributed by atoms with Gasteiger partial charge in [0.2, 0.25) is 0 Å². The third kappa shape index (κ3) is 6.18. The van der Waals surface area contributed by atoms with Gasteiger partial charge >= 0.3 is 11.9 Å². The molecule has 0 heterocycles. The molecule has 1 aromatic carbocycles. The van der Waals surface area contributed by atoms with Crippen LogP contribution in [0.1, 0.15) is 31.7 Å². The SMILES string of the molecule is CC(=O)Oc1ccccc1C=N[C@@H](CCCCN)C(=O)O. The van der Waals surface area contributed by atoms with Crippen molar-refractivity contribution in [2.75, 3.05) is 6.54 Å². The summed E-state index contributed by atoms with van der Waals surface area (Å²) in [6.07, 6.45) is 3.33. The lowest BCUT2D eigenvalue weighted by Crippen LogP contribution is -2.18. The number of unbranched alkanes of at least 4 members (excludes halogenated alkanes) is 1. The molecular formula is C15H20N2O4. The van der Waals surface area contributed by atoms with Crippen molar-refractivity contribution >= 4 is 18.2 Å². The Bertz CT molecular complexity index is 514. The van der Waals surface area contributed by atoms with Crippen LogP contribution in [0.3, 0.4) is 0 Å². The van der Waals surface area contributed by atoms with Crippen LogP contribution < -0.4 is 10.5 Å². The molecule has 3 N–H and O–H groups in total. The van der Waals surface area contributed by atoms with Crippen molar-refractivity contribution in [1.82, 2.24) is 0 Å². The highest BCUT2D eigenvalue weighted by atomic mass is 16.5. The number of carbonyl (C=O) groups excluding carboxylic acids is 1. The number of rotatable bonds is 8. The lowest BCUT2D eigenvalue weighted by Gasteiger charge is -2.08. The third-order valence-corrected chi connectivity index (χ3v) is 2.78. The summed E-state index contributed by atoms with van der Waals surface area (Å²) in [5.74, 6) is -1.05. The first-order chi connectivity index (χ1) is 10.0. The number of ether oxygens (including phenoxy) is 1. The number of aliphatic imine (C=N–C) groups is 1. The normalized spacial score (nSPS) is 12.3. The smallest absolute Gasteiger partial charge is 0.328 e. The minimum Gasteiger partial charge on any atom is -0.480 e. The van der Waals surface area contributed by atoms with Crippen LogP contribution in [-0.2, 0) is 9.59 Å². The molecule has 6 nitrogen and oxygen atoms in total. The highest BCUT2D eigenvalue weighted by Crippen LogP contribution is 2.16. The zero-order valence-corrected chi connectivity index (χ0v) is 12.0. The van der Waals surface area contributed by atoms with Crippen molar-refractivity contribution in [2.45, 2.75) is 32.2 Å². The molecule has 0 bridgehead atoms. The Morgan fingerprint density at radius 1 is 1.38 bits per heavy atom. The second-order valence-electron chi connectivity index (χ2n) is 4.55. The second-order valence-corrected chi connectivity index (χ2v) is 4.55. The van der Waals surface area contributed by atoms with Gasteiger partial charge in [-0.15, -0.1) is 0 Å². The Labute approximate surface area is 123 Å². The van der Waals surface area contributed by atoms with E-state index in [0.717, 1.165) is 6.42 Å². The molecule has 0 radical (unpaired) electrons. The first kappa shape index (κ1) is 16.8. The van der Waals surface area contributed by atoms with E-state index in [1.807, 2.05) is 0 Å². The first-order valence-corrected chi connectivity index (χ1v) is 6.78. The van der Waals surface area contributed by atoms with Gasteiger partial charge in [0.25, 0.3) is 0 Å². The van der Waals surface area contributed by atoms with Crippen LogP contribution in [0.2, 0.25) is 0 Å². The topological polar surface area (TPSA) is 102 Å². The van der Waals surface area contributed by atoms with Crippen molar-refractivity contribution in [3.63, 3.8) is 0 Å². The van der Waals surface area contributed by atoms with Crippen molar-refractivity contribution in [2.24, 2.45) is 10.7 Å². The monoisotopic (exact) mass is 292 g/mol. The maximum atomic E-state index is 11.1. The molecule has 1 rings (SSSR count). The van der Waals surface area contributed by atoms with Crippen molar-refractivity contribution in [3.05, 3.63) is 29.8 Å². The van der Waals surface area contributed by atoms with E-state index in [2.05, 4.69) is 4.99 Å². The molecule has 0 saturated heterocycles. The highest BCUT2D eigenvalue weighted by Gasteiger charge is 2.14. The Balaban J connectivity index is 2.80. The molecule has 114 valence electrons. The van der Waals surface area contributed by atoms with Gasteiger partial charge in [0.15, 0.2) is 0 Å². The lowest BCUT2D eigenvalue weighted by atomic mass is 10.1. The number of esters is 1. The highest BCUT2D eigenvalue weighted by molar-refractivity contribution is 5.87. The van der Waals surface area contributed by atoms with Gasteiger partial charge in [-0.2, -0.15) is 0 Å². The lowest BCUT2D eigenvalue weighted by molar-refractivity contribution is -0.138. The van der Waals surface area contributed by atoms with Crippen LogP contribution in [0.25, 0.3) is 0 Å². The van der Waals surface area contributed by atoms with Crippen LogP contribution in [0.5, 0.6) is 5.75 Å². The maximum Gasteiger partial charge on any atom is 0.328 e. The number of hydrogen-bond acceptors (Lipinski definition) is 5. The number of carbonyl (C=O) groups is 2. The van der Waals surface area contributed by atoms with Crippen molar-refractivity contribution in [3.8, 4) is 5.75 Å². The van der Waals surface area contributed by atoms with Crippen LogP contribution in [0.4, 0.5) is 0 Å². The van der Waals surface area contributed by atoms with Gasteiger partial charge in [0.1, 0.15) is 11.8 Å². The molecule has 0 saturated carbocycles. The summed E-state index contributed by atoms with van der Waals surface area (Å²) in [7, 11) is 0. The second kappa shape index (κ2) is 8.86. The molecule has 0 fully saturated rings. The van der Waals surface area contributed by atoms with Gasteiger partial charge in [0.05, 0.1) is 0 Å². The number of carboxylic acids is 1. The van der Waals surface area contributed by atoms with E-state index in [4.69, 9.17) is 15.6 Å². The molecule has 0 spiro atoms. The average molecular weight is 292 g/mol. The number of aliphatic carboxylic acids is 1. The van der Waals surface area contributed by atoms with Crippen LogP contribution >= 0.6 is 0 Å². The summed E-state index contributed by atoms with van der Waals surface area (Å²) in [5, 5.41) is 9.13. The van der Waals surface area contributed by atoms with Gasteiger partial charge in [-0.25, -0.2) is 4.79 Å². The summed E-state index contributed by atoms with van der Waals surface area (Å²) in [4.78, 5) is 26.2. The van der Waals surface area contributed by atoms with Gasteiger partial charge in [0, 0.05) is 18.7 Å². The van der Waals surface area contributed by atoms with E-state index in [-0.39, 0.29) is 0 Å². The van der Waals surface area contributed by atoms with E-state index < -0.39 is 18.0 Å². The van der Waals surface area contributed by atoms with E-state index in [1.165, 1.54) is 13.1 Å². The number of para-hydroxylation sites is 1. The standard InChI is InChI=1S/C15H20N2O4/c1-11(18)21-14-8-3-2-6-12(14)10-17-13(15(19)20)7-4-5-9-16/h2-3,6,8,10,13H,4-5,7,9,16H2,1H3,(H,19,20)/t13-/m0/s1. The summed E-state index contributed by atoms with van der Waals surface area (Å²) >= 11 is 0. The molecule has 21 heavy (non-hydrogen) atoms. The number of carboxylic acid groups (broad SMARTS) is 1. The molecule has 0 aromatic heterocycles. The Hall–Kier alpha value is -2.21. The number of hydrogen-bond donors (Lipinski definition) is 2. The molecule has 1 atom stereocenters. The van der Waals surface area contributed by atoms with Crippen molar-refractivity contribution < 1.29 is 19.4 Å². The van der Waals surface area contributed by atoms with Gasteiger partial charge in [-0.1, -0.05) is 12.1 Å². The van der Waals surface area contributed by atoms with E-state index >= 15 is 0 Å². The first-order valence-electron chi connectivity index (χ1n) is 6.78. The summed E-state index contributed by atoms with van der Waals surface area (Å²) < 4.78 is 5.04. The number of benzene rings is 1. The van der Waals surface area contributed by atoms with E-state index in [1.54, 1.807) is 24.3 Å². The fourth-order valence-electron chi connectivity index (χ4n) is 1.75. The van der Waals surface area contributed by atoms with E-state index in [9.17, 15) is 9.59 Å². The molecule has 0 amide bonds. The molecule has 0 aliphatic carbocycles. The third-order valence-electron chi connectivity index (χ3n) is 2.78. The zero-order chi connectivity index (χ0) is 15.7. The predicted molar refractivity (Wildman–Crippen MR) is 79.7 cm³/mol. The quantitative estimate of drug-likeness (QED) is 0.328. The fraction of sp³-hybridized carbons (Fsp3) is 0.400. The molecule has 6 heteroatoms. The van der Waals surface area contributed by atoms with E-state index in [0.29, 0.717) is 30.7 Å². The van der Waals surface area contributed by atoms with Gasteiger partial charge in [-0.3, -0.25) is 9.79 Å². The Morgan fingerprint density at radius 2 is 2.10 bits per heavy atom.